The zero-order valence-corrected chi connectivity index (χ0v) is 16.3. The topological polar surface area (TPSA) is 71.8 Å². The van der Waals surface area contributed by atoms with Crippen molar-refractivity contribution >= 4 is 17.9 Å². The van der Waals surface area contributed by atoms with Gasteiger partial charge in [-0.1, -0.05) is 67.6 Å². The minimum Gasteiger partial charge on any atom is -0.448 e. The highest BCUT2D eigenvalue weighted by atomic mass is 16.6. The lowest BCUT2D eigenvalue weighted by Crippen LogP contribution is -2.42. The SMILES string of the molecule is CC[C@H](NC(=O)CN(C(=O)OCc1ccccc1)c1ccco1)c1ccccc1. The normalized spacial score (nSPS) is 11.5. The number of furan rings is 1. The summed E-state index contributed by atoms with van der Waals surface area (Å²) in [6.45, 7) is 1.90. The molecule has 6 nitrogen and oxygen atoms in total. The van der Waals surface area contributed by atoms with Gasteiger partial charge in [0, 0.05) is 6.07 Å². The number of hydrogen-bond acceptors (Lipinski definition) is 4. The van der Waals surface area contributed by atoms with E-state index in [0.717, 1.165) is 17.5 Å². The van der Waals surface area contributed by atoms with E-state index < -0.39 is 6.09 Å². The molecule has 1 atom stereocenters. The average Bonchev–Trinajstić information content (AvgIpc) is 3.30. The number of nitrogens with zero attached hydrogens (tertiary/aromatic N) is 1. The highest BCUT2D eigenvalue weighted by Crippen LogP contribution is 2.18. The number of nitrogens with one attached hydrogen (secondary N) is 1. The van der Waals surface area contributed by atoms with Crippen molar-refractivity contribution in [2.75, 3.05) is 11.4 Å². The van der Waals surface area contributed by atoms with Gasteiger partial charge in [-0.2, -0.15) is 0 Å². The monoisotopic (exact) mass is 392 g/mol. The van der Waals surface area contributed by atoms with E-state index in [9.17, 15) is 9.59 Å². The Morgan fingerprint density at radius 2 is 1.69 bits per heavy atom. The first-order valence-corrected chi connectivity index (χ1v) is 9.53. The van der Waals surface area contributed by atoms with Crippen LogP contribution >= 0.6 is 0 Å². The van der Waals surface area contributed by atoms with Crippen LogP contribution in [0.2, 0.25) is 0 Å². The van der Waals surface area contributed by atoms with Crippen molar-refractivity contribution in [1.82, 2.24) is 5.32 Å². The molecule has 0 bridgehead atoms. The van der Waals surface area contributed by atoms with E-state index in [4.69, 9.17) is 9.15 Å². The predicted molar refractivity (Wildman–Crippen MR) is 110 cm³/mol. The Balaban J connectivity index is 1.65. The minimum absolute atomic E-state index is 0.111. The Kier molecular flexibility index (Phi) is 7.05. The maximum absolute atomic E-state index is 12.7. The van der Waals surface area contributed by atoms with Gasteiger partial charge in [-0.3, -0.25) is 4.79 Å². The van der Waals surface area contributed by atoms with E-state index in [1.165, 1.54) is 11.2 Å². The standard InChI is InChI=1S/C23H24N2O4/c1-2-20(19-12-7-4-8-13-19)24-21(26)16-25(22-14-9-15-28-22)23(27)29-17-18-10-5-3-6-11-18/h3-15,20H,2,16-17H2,1H3,(H,24,26)/t20-/m0/s1. The maximum Gasteiger partial charge on any atom is 0.417 e. The molecule has 1 aromatic heterocycles. The van der Waals surface area contributed by atoms with Gasteiger partial charge in [-0.15, -0.1) is 0 Å². The summed E-state index contributed by atoms with van der Waals surface area (Å²) >= 11 is 0. The highest BCUT2D eigenvalue weighted by Gasteiger charge is 2.24. The molecule has 0 aliphatic rings. The highest BCUT2D eigenvalue weighted by molar-refractivity contribution is 5.93. The summed E-state index contributed by atoms with van der Waals surface area (Å²) in [4.78, 5) is 26.5. The number of ether oxygens (including phenoxy) is 1. The first-order valence-electron chi connectivity index (χ1n) is 9.53. The van der Waals surface area contributed by atoms with Gasteiger partial charge in [-0.25, -0.2) is 9.69 Å². The smallest absolute Gasteiger partial charge is 0.417 e. The van der Waals surface area contributed by atoms with Gasteiger partial charge in [0.25, 0.3) is 0 Å². The third-order valence-electron chi connectivity index (χ3n) is 4.44. The number of benzene rings is 2. The molecule has 2 aromatic carbocycles. The summed E-state index contributed by atoms with van der Waals surface area (Å²) in [5, 5.41) is 2.97. The van der Waals surface area contributed by atoms with E-state index in [-0.39, 0.29) is 31.0 Å². The fourth-order valence-electron chi connectivity index (χ4n) is 2.94. The van der Waals surface area contributed by atoms with E-state index in [2.05, 4.69) is 5.32 Å². The quantitative estimate of drug-likeness (QED) is 0.604. The van der Waals surface area contributed by atoms with Crippen molar-refractivity contribution in [3.63, 3.8) is 0 Å². The van der Waals surface area contributed by atoms with Crippen LogP contribution in [0.5, 0.6) is 0 Å². The molecule has 0 unspecified atom stereocenters. The van der Waals surface area contributed by atoms with E-state index >= 15 is 0 Å². The van der Waals surface area contributed by atoms with Crippen LogP contribution in [0, 0.1) is 0 Å². The number of anilines is 1. The van der Waals surface area contributed by atoms with Crippen LogP contribution in [0.25, 0.3) is 0 Å². The van der Waals surface area contributed by atoms with Crippen molar-refractivity contribution < 1.29 is 18.7 Å². The summed E-state index contributed by atoms with van der Waals surface area (Å²) in [6.07, 6.45) is 1.53. The summed E-state index contributed by atoms with van der Waals surface area (Å²) in [5.74, 6) is -0.0419. The van der Waals surface area contributed by atoms with Crippen molar-refractivity contribution in [3.8, 4) is 0 Å². The summed E-state index contributed by atoms with van der Waals surface area (Å²) in [6, 6.07) is 22.2. The van der Waals surface area contributed by atoms with E-state index in [1.54, 1.807) is 12.1 Å². The van der Waals surface area contributed by atoms with Gasteiger partial charge >= 0.3 is 6.09 Å². The number of rotatable bonds is 8. The first kappa shape index (κ1) is 20.2. The average molecular weight is 392 g/mol. The van der Waals surface area contributed by atoms with Crippen molar-refractivity contribution in [3.05, 3.63) is 90.2 Å². The Labute approximate surface area is 170 Å². The van der Waals surface area contributed by atoms with Crippen molar-refractivity contribution in [2.24, 2.45) is 0 Å². The summed E-state index contributed by atoms with van der Waals surface area (Å²) < 4.78 is 10.7. The van der Waals surface area contributed by atoms with Gasteiger partial charge in [0.1, 0.15) is 13.2 Å². The first-order chi connectivity index (χ1) is 14.2. The molecule has 29 heavy (non-hydrogen) atoms. The molecule has 1 N–H and O–H groups in total. The maximum atomic E-state index is 12.7. The molecule has 0 saturated carbocycles. The van der Waals surface area contributed by atoms with Crippen LogP contribution in [0.3, 0.4) is 0 Å². The third-order valence-corrected chi connectivity index (χ3v) is 4.44. The molecule has 0 aliphatic carbocycles. The molecule has 2 amide bonds. The molecule has 0 radical (unpaired) electrons. The second-order valence-electron chi connectivity index (χ2n) is 6.52. The van der Waals surface area contributed by atoms with E-state index in [0.29, 0.717) is 0 Å². The molecule has 0 spiro atoms. The fraction of sp³-hybridized carbons (Fsp3) is 0.217. The Morgan fingerprint density at radius 3 is 2.31 bits per heavy atom. The molecule has 1 heterocycles. The van der Waals surface area contributed by atoms with E-state index in [1.807, 2.05) is 67.6 Å². The minimum atomic E-state index is -0.647. The zero-order chi connectivity index (χ0) is 20.5. The molecular formula is C23H24N2O4. The predicted octanol–water partition coefficient (Wildman–Crippen LogP) is 4.69. The number of carbonyl (C=O) groups excluding carboxylic acids is 2. The van der Waals surface area contributed by atoms with Gasteiger partial charge in [-0.05, 0) is 23.6 Å². The molecule has 6 heteroatoms. The second-order valence-corrected chi connectivity index (χ2v) is 6.52. The largest absolute Gasteiger partial charge is 0.448 e. The number of amides is 2. The van der Waals surface area contributed by atoms with Crippen molar-refractivity contribution in [2.45, 2.75) is 26.0 Å². The van der Waals surface area contributed by atoms with Gasteiger partial charge in [0.15, 0.2) is 0 Å². The van der Waals surface area contributed by atoms with Crippen molar-refractivity contribution in [1.29, 1.82) is 0 Å². The number of carbonyl (C=O) groups is 2. The molecule has 3 aromatic rings. The van der Waals surface area contributed by atoms with Gasteiger partial charge in [0.2, 0.25) is 11.8 Å². The summed E-state index contributed by atoms with van der Waals surface area (Å²) in [5.41, 5.74) is 1.87. The Bertz CT molecular complexity index is 895. The molecule has 3 rings (SSSR count). The lowest BCUT2D eigenvalue weighted by Gasteiger charge is -2.22. The molecule has 0 saturated heterocycles. The van der Waals surface area contributed by atoms with Crippen LogP contribution in [-0.4, -0.2) is 18.5 Å². The Hall–Kier alpha value is -3.54. The van der Waals surface area contributed by atoms with Gasteiger partial charge in [0.05, 0.1) is 12.3 Å². The van der Waals surface area contributed by atoms with Crippen LogP contribution < -0.4 is 10.2 Å². The number of hydrogen-bond donors (Lipinski definition) is 1. The second kappa shape index (κ2) is 10.1. The lowest BCUT2D eigenvalue weighted by atomic mass is 10.0. The molecule has 0 fully saturated rings. The molecule has 0 aliphatic heterocycles. The van der Waals surface area contributed by atoms with Crippen LogP contribution in [0.1, 0.15) is 30.5 Å². The zero-order valence-electron chi connectivity index (χ0n) is 16.3. The molecule has 150 valence electrons. The van der Waals surface area contributed by atoms with Crippen LogP contribution in [0.4, 0.5) is 10.7 Å². The lowest BCUT2D eigenvalue weighted by molar-refractivity contribution is -0.120. The van der Waals surface area contributed by atoms with Crippen LogP contribution in [0.15, 0.2) is 83.5 Å². The van der Waals surface area contributed by atoms with Gasteiger partial charge < -0.3 is 14.5 Å². The summed E-state index contributed by atoms with van der Waals surface area (Å²) in [7, 11) is 0. The van der Waals surface area contributed by atoms with Crippen LogP contribution in [-0.2, 0) is 16.1 Å². The Morgan fingerprint density at radius 1 is 1.00 bits per heavy atom. The third kappa shape index (κ3) is 5.72. The fourth-order valence-corrected chi connectivity index (χ4v) is 2.94. The molecular weight excluding hydrogens is 368 g/mol.